The van der Waals surface area contributed by atoms with Crippen LogP contribution in [0.1, 0.15) is 123 Å². The Morgan fingerprint density at radius 2 is 1.69 bits per heavy atom. The topological polar surface area (TPSA) is 30.9 Å². The molecule has 3 aliphatic heterocycles. The van der Waals surface area contributed by atoms with Crippen molar-refractivity contribution in [2.45, 2.75) is 136 Å². The van der Waals surface area contributed by atoms with E-state index in [-0.39, 0.29) is 41.7 Å². The second kappa shape index (κ2) is 20.4. The number of nitrogens with one attached hydrogen (secondary N) is 1. The summed E-state index contributed by atoms with van der Waals surface area (Å²) in [4.78, 5) is 11.1. The van der Waals surface area contributed by atoms with E-state index < -0.39 is 0 Å². The van der Waals surface area contributed by atoms with Gasteiger partial charge in [0, 0.05) is 46.3 Å². The van der Waals surface area contributed by atoms with Crippen molar-refractivity contribution >= 4 is 38.6 Å². The summed E-state index contributed by atoms with van der Waals surface area (Å²) in [6.07, 6.45) is 40.1. The van der Waals surface area contributed by atoms with E-state index in [4.69, 9.17) is 4.99 Å². The fraction of sp³-hybridized carbons (Fsp3) is 0.379. The summed E-state index contributed by atoms with van der Waals surface area (Å²) in [5.41, 5.74) is 11.5. The van der Waals surface area contributed by atoms with Crippen molar-refractivity contribution in [3.05, 3.63) is 194 Å². The SMILES string of the molecule is C=C/C=C\C1[C@@H](C)c2cc(-c3cc4c(c5ccccc35)[C@@H]3CCC=CC3(C)N4[C@H]3N=C4CCC=C[C@H]4C([C@@H](/C=C\[C@H](C)C(=C)C=C)CCCC(C)(C)CC)N3)c3ccccc3c2N1C(/C=C\C)=C/C=C. The third-order valence-corrected chi connectivity index (χ3v) is 17.1. The van der Waals surface area contributed by atoms with Gasteiger partial charge in [0.25, 0.3) is 0 Å². The van der Waals surface area contributed by atoms with E-state index in [0.717, 1.165) is 43.4 Å². The minimum absolute atomic E-state index is 0.0971. The lowest BCUT2D eigenvalue weighted by molar-refractivity contribution is 0.252. The van der Waals surface area contributed by atoms with E-state index >= 15 is 0 Å². The number of hydrogen-bond donors (Lipinski definition) is 1. The molecule has 5 aliphatic rings. The lowest BCUT2D eigenvalue weighted by atomic mass is 9.75. The summed E-state index contributed by atoms with van der Waals surface area (Å²) < 4.78 is 0. The number of fused-ring (bicyclic) bond motifs is 9. The average Bonchev–Trinajstić information content (AvgIpc) is 3.81. The standard InChI is InChI=1S/C66H78N4/c1-12-17-37-59-46(8)54-42-55(50-31-19-21-33-52(50)63(54)69(59)48(27-13-2)28-14-3)56-43-60-61(51-32-20-18-30-49(51)56)57-35-24-25-41-66(57,11)70(60)64-67-58-36-23-22-34-53(58)62(68-64)47(29-26-40-65(9,10)16-5)39-38-45(7)44(6)15-4/h12-15,17-22,25,27-28,30-34,37-39,41-43,45-47,53,57,59,62,64,68H,1-2,4,6,16,23-24,26,29,35-36,40H2,3,5,7-11H3/b28-14-,37-17-,39-38-,48-27+/t45-,46-,47+,53+,57-,59?,62?,64-,66?/m0/s1. The Kier molecular flexibility index (Phi) is 14.3. The lowest BCUT2D eigenvalue weighted by Crippen LogP contribution is -2.63. The van der Waals surface area contributed by atoms with Crippen LogP contribution in [0.2, 0.25) is 0 Å². The van der Waals surface area contributed by atoms with Crippen LogP contribution >= 0.6 is 0 Å². The first kappa shape index (κ1) is 49.0. The van der Waals surface area contributed by atoms with E-state index in [0.29, 0.717) is 17.3 Å². The van der Waals surface area contributed by atoms with Gasteiger partial charge in [0.1, 0.15) is 0 Å². The normalized spacial score (nSPS) is 26.2. The maximum absolute atomic E-state index is 5.86. The summed E-state index contributed by atoms with van der Waals surface area (Å²) in [5.74, 6) is 1.31. The zero-order valence-electron chi connectivity index (χ0n) is 43.3. The zero-order valence-corrected chi connectivity index (χ0v) is 43.3. The Morgan fingerprint density at radius 1 is 0.957 bits per heavy atom. The van der Waals surface area contributed by atoms with Gasteiger partial charge in [0.2, 0.25) is 0 Å². The van der Waals surface area contributed by atoms with Gasteiger partial charge in [-0.3, -0.25) is 10.3 Å². The van der Waals surface area contributed by atoms with Crippen molar-refractivity contribution in [3.63, 3.8) is 0 Å². The van der Waals surface area contributed by atoms with Crippen LogP contribution in [0.3, 0.4) is 0 Å². The number of hydrogen-bond acceptors (Lipinski definition) is 4. The Labute approximate surface area is 421 Å². The molecule has 0 saturated carbocycles. The first-order valence-corrected chi connectivity index (χ1v) is 26.5. The average molecular weight is 927 g/mol. The molecule has 2 aliphatic carbocycles. The molecular formula is C66H78N4. The van der Waals surface area contributed by atoms with Gasteiger partial charge in [-0.1, -0.05) is 195 Å². The van der Waals surface area contributed by atoms with E-state index in [1.54, 1.807) is 0 Å². The highest BCUT2D eigenvalue weighted by molar-refractivity contribution is 6.13. The van der Waals surface area contributed by atoms with Gasteiger partial charge in [-0.2, -0.15) is 0 Å². The fourth-order valence-electron chi connectivity index (χ4n) is 12.8. The first-order chi connectivity index (χ1) is 33.9. The molecule has 0 bridgehead atoms. The Hall–Kier alpha value is -5.97. The number of anilines is 2. The monoisotopic (exact) mass is 927 g/mol. The molecule has 0 aromatic heterocycles. The molecule has 3 heterocycles. The highest BCUT2D eigenvalue weighted by atomic mass is 15.4. The predicted molar refractivity (Wildman–Crippen MR) is 305 cm³/mol. The van der Waals surface area contributed by atoms with Gasteiger partial charge in [-0.25, -0.2) is 0 Å². The van der Waals surface area contributed by atoms with Crippen molar-refractivity contribution < 1.29 is 0 Å². The summed E-state index contributed by atoms with van der Waals surface area (Å²) in [6, 6.07) is 23.8. The van der Waals surface area contributed by atoms with E-state index in [2.05, 4.69) is 217 Å². The Balaban J connectivity index is 1.24. The molecule has 9 atom stereocenters. The Morgan fingerprint density at radius 3 is 2.40 bits per heavy atom. The van der Waals surface area contributed by atoms with E-state index in [9.17, 15) is 0 Å². The van der Waals surface area contributed by atoms with Crippen molar-refractivity contribution in [2.24, 2.45) is 28.2 Å². The van der Waals surface area contributed by atoms with Gasteiger partial charge >= 0.3 is 0 Å². The molecule has 4 nitrogen and oxygen atoms in total. The minimum atomic E-state index is -0.279. The number of aliphatic imine (C=N–C) groups is 1. The van der Waals surface area contributed by atoms with Crippen molar-refractivity contribution in [3.8, 4) is 11.1 Å². The highest BCUT2D eigenvalue weighted by Crippen LogP contribution is 2.58. The van der Waals surface area contributed by atoms with Crippen LogP contribution in [0.15, 0.2) is 188 Å². The third-order valence-electron chi connectivity index (χ3n) is 17.1. The molecule has 4 aromatic rings. The number of rotatable bonds is 17. The summed E-state index contributed by atoms with van der Waals surface area (Å²) in [5, 5.41) is 9.56. The predicted octanol–water partition coefficient (Wildman–Crippen LogP) is 17.2. The summed E-state index contributed by atoms with van der Waals surface area (Å²) in [6.45, 7) is 33.0. The smallest absolute Gasteiger partial charge is 0.177 e. The molecule has 4 heteroatoms. The van der Waals surface area contributed by atoms with E-state index in [1.165, 1.54) is 80.1 Å². The van der Waals surface area contributed by atoms with Crippen LogP contribution in [0.25, 0.3) is 32.7 Å². The maximum Gasteiger partial charge on any atom is 0.177 e. The molecular weight excluding hydrogens is 849 g/mol. The van der Waals surface area contributed by atoms with Gasteiger partial charge in [0.15, 0.2) is 6.29 Å². The highest BCUT2D eigenvalue weighted by Gasteiger charge is 2.53. The van der Waals surface area contributed by atoms with Crippen LogP contribution in [-0.4, -0.2) is 29.6 Å². The molecule has 4 aromatic carbocycles. The molecule has 70 heavy (non-hydrogen) atoms. The van der Waals surface area contributed by atoms with Crippen LogP contribution in [-0.2, 0) is 0 Å². The Bertz CT molecular complexity index is 2890. The second-order valence-corrected chi connectivity index (χ2v) is 21.7. The number of benzene rings is 4. The molecule has 362 valence electrons. The largest absolute Gasteiger partial charge is 0.333 e. The quantitative estimate of drug-likeness (QED) is 0.0845. The van der Waals surface area contributed by atoms with E-state index in [1.807, 2.05) is 18.2 Å². The minimum Gasteiger partial charge on any atom is -0.333 e. The lowest BCUT2D eigenvalue weighted by Gasteiger charge is -2.49. The third kappa shape index (κ3) is 8.80. The van der Waals surface area contributed by atoms with Crippen LogP contribution in [0, 0.1) is 23.2 Å². The van der Waals surface area contributed by atoms with Gasteiger partial charge < -0.3 is 9.80 Å². The van der Waals surface area contributed by atoms with Gasteiger partial charge in [-0.15, -0.1) is 0 Å². The number of nitrogens with zero attached hydrogens (tertiary/aromatic N) is 3. The van der Waals surface area contributed by atoms with Crippen LogP contribution < -0.4 is 15.1 Å². The van der Waals surface area contributed by atoms with Crippen LogP contribution in [0.4, 0.5) is 11.4 Å². The molecule has 0 spiro atoms. The van der Waals surface area contributed by atoms with Gasteiger partial charge in [-0.05, 0) is 138 Å². The van der Waals surface area contributed by atoms with Crippen molar-refractivity contribution in [2.75, 3.05) is 9.80 Å². The molecule has 0 radical (unpaired) electrons. The maximum atomic E-state index is 5.86. The first-order valence-electron chi connectivity index (χ1n) is 26.5. The molecule has 1 N–H and O–H groups in total. The van der Waals surface area contributed by atoms with Crippen LogP contribution in [0.5, 0.6) is 0 Å². The summed E-state index contributed by atoms with van der Waals surface area (Å²) >= 11 is 0. The van der Waals surface area contributed by atoms with Gasteiger partial charge in [0.05, 0.1) is 17.3 Å². The molecule has 3 unspecified atom stereocenters. The molecule has 0 saturated heterocycles. The fourth-order valence-corrected chi connectivity index (χ4v) is 12.8. The molecule has 0 fully saturated rings. The molecule has 0 amide bonds. The summed E-state index contributed by atoms with van der Waals surface area (Å²) in [7, 11) is 0. The zero-order chi connectivity index (χ0) is 49.3. The van der Waals surface area contributed by atoms with Crippen molar-refractivity contribution in [1.82, 2.24) is 5.32 Å². The molecule has 9 rings (SSSR count). The number of allylic oxidation sites excluding steroid dienone is 11. The second-order valence-electron chi connectivity index (χ2n) is 21.7. The van der Waals surface area contributed by atoms with Crippen molar-refractivity contribution in [1.29, 1.82) is 0 Å².